The number of aromatic nitrogens is 2. The molecule has 0 aliphatic rings. The zero-order chi connectivity index (χ0) is 22.7. The Morgan fingerprint density at radius 1 is 1.09 bits per heavy atom. The van der Waals surface area contributed by atoms with E-state index in [0.717, 1.165) is 16.0 Å². The molecule has 0 saturated heterocycles. The maximum Gasteiger partial charge on any atom is 0.340 e. The summed E-state index contributed by atoms with van der Waals surface area (Å²) in [6.45, 7) is 3.66. The van der Waals surface area contributed by atoms with Crippen LogP contribution in [0, 0.1) is 6.92 Å². The largest absolute Gasteiger partial charge is 0.462 e. The quantitative estimate of drug-likeness (QED) is 0.446. The third-order valence-electron chi connectivity index (χ3n) is 4.93. The molecule has 32 heavy (non-hydrogen) atoms. The smallest absolute Gasteiger partial charge is 0.340 e. The van der Waals surface area contributed by atoms with E-state index < -0.39 is 11.9 Å². The van der Waals surface area contributed by atoms with Crippen molar-refractivity contribution in [2.75, 3.05) is 11.9 Å². The van der Waals surface area contributed by atoms with E-state index in [4.69, 9.17) is 4.74 Å². The van der Waals surface area contributed by atoms with E-state index >= 15 is 0 Å². The Labute approximate surface area is 188 Å². The molecule has 4 aromatic rings. The zero-order valence-electron chi connectivity index (χ0n) is 17.6. The molecule has 0 bridgehead atoms. The van der Waals surface area contributed by atoms with Crippen molar-refractivity contribution in [3.8, 4) is 11.1 Å². The number of ether oxygens (including phenoxy) is 1. The lowest BCUT2D eigenvalue weighted by atomic mass is 10.0. The summed E-state index contributed by atoms with van der Waals surface area (Å²) in [5.41, 5.74) is 2.07. The number of esters is 1. The minimum atomic E-state index is -0.523. The van der Waals surface area contributed by atoms with Gasteiger partial charge in [-0.1, -0.05) is 42.5 Å². The van der Waals surface area contributed by atoms with Crippen LogP contribution in [0.25, 0.3) is 21.3 Å². The van der Waals surface area contributed by atoms with E-state index in [2.05, 4.69) is 10.3 Å². The van der Waals surface area contributed by atoms with Gasteiger partial charge in [-0.2, -0.15) is 0 Å². The summed E-state index contributed by atoms with van der Waals surface area (Å²) >= 11 is 1.45. The van der Waals surface area contributed by atoms with Crippen LogP contribution in [0.4, 0.5) is 5.69 Å². The van der Waals surface area contributed by atoms with Crippen molar-refractivity contribution in [1.82, 2.24) is 9.55 Å². The van der Waals surface area contributed by atoms with Crippen LogP contribution in [0.2, 0.25) is 0 Å². The Hall–Kier alpha value is -3.78. The molecule has 2 aromatic heterocycles. The molecule has 0 saturated carbocycles. The number of thiophene rings is 1. The Morgan fingerprint density at radius 3 is 2.56 bits per heavy atom. The van der Waals surface area contributed by atoms with E-state index in [1.165, 1.54) is 22.2 Å². The molecule has 0 fully saturated rings. The molecule has 1 N–H and O–H groups in total. The van der Waals surface area contributed by atoms with Crippen LogP contribution in [-0.4, -0.2) is 28.0 Å². The summed E-state index contributed by atoms with van der Waals surface area (Å²) < 4.78 is 6.32. The van der Waals surface area contributed by atoms with Crippen LogP contribution < -0.4 is 10.9 Å². The average Bonchev–Trinajstić information content (AvgIpc) is 3.13. The molecule has 4 rings (SSSR count). The molecule has 0 aliphatic carbocycles. The van der Waals surface area contributed by atoms with Crippen LogP contribution in [0.5, 0.6) is 0 Å². The summed E-state index contributed by atoms with van der Waals surface area (Å²) in [7, 11) is 0. The minimum Gasteiger partial charge on any atom is -0.462 e. The van der Waals surface area contributed by atoms with Crippen LogP contribution >= 0.6 is 11.3 Å². The Kier molecular flexibility index (Phi) is 6.13. The molecule has 162 valence electrons. The van der Waals surface area contributed by atoms with E-state index in [1.54, 1.807) is 31.2 Å². The van der Waals surface area contributed by atoms with Crippen molar-refractivity contribution in [2.45, 2.75) is 20.4 Å². The normalized spacial score (nSPS) is 10.8. The molecule has 0 aliphatic heterocycles. The molecule has 2 aromatic carbocycles. The first-order chi connectivity index (χ1) is 15.5. The van der Waals surface area contributed by atoms with Crippen molar-refractivity contribution in [3.05, 3.63) is 81.7 Å². The van der Waals surface area contributed by atoms with Crippen molar-refractivity contribution in [3.63, 3.8) is 0 Å². The van der Waals surface area contributed by atoms with Crippen LogP contribution in [-0.2, 0) is 16.1 Å². The number of hydrogen-bond donors (Lipinski definition) is 1. The van der Waals surface area contributed by atoms with Crippen LogP contribution in [0.3, 0.4) is 0 Å². The maximum absolute atomic E-state index is 13.3. The lowest BCUT2D eigenvalue weighted by Gasteiger charge is -2.11. The third-order valence-corrected chi connectivity index (χ3v) is 5.94. The molecule has 1 amide bonds. The number of rotatable bonds is 6. The fourth-order valence-electron chi connectivity index (χ4n) is 3.53. The highest BCUT2D eigenvalue weighted by molar-refractivity contribution is 7.19. The topological polar surface area (TPSA) is 90.3 Å². The highest BCUT2D eigenvalue weighted by Crippen LogP contribution is 2.35. The number of amides is 1. The highest BCUT2D eigenvalue weighted by atomic mass is 32.1. The van der Waals surface area contributed by atoms with E-state index in [-0.39, 0.29) is 24.3 Å². The van der Waals surface area contributed by atoms with Gasteiger partial charge in [0.15, 0.2) is 0 Å². The Balaban J connectivity index is 1.65. The van der Waals surface area contributed by atoms with Gasteiger partial charge in [-0.15, -0.1) is 11.3 Å². The monoisotopic (exact) mass is 447 g/mol. The van der Waals surface area contributed by atoms with Gasteiger partial charge in [-0.05, 0) is 31.5 Å². The number of aryl methyl sites for hydroxylation is 1. The van der Waals surface area contributed by atoms with Gasteiger partial charge in [-0.25, -0.2) is 9.78 Å². The molecule has 7 nitrogen and oxygen atoms in total. The minimum absolute atomic E-state index is 0.228. The molecular weight excluding hydrogens is 426 g/mol. The first-order valence-electron chi connectivity index (χ1n) is 10.1. The number of fused-ring (bicyclic) bond motifs is 1. The SMILES string of the molecule is CCOC(=O)c1ccccc1NC(=O)Cn1cnc2sc(C)c(-c3ccccc3)c2c1=O. The second kappa shape index (κ2) is 9.15. The van der Waals surface area contributed by atoms with Gasteiger partial charge in [0.25, 0.3) is 5.56 Å². The predicted molar refractivity (Wildman–Crippen MR) is 125 cm³/mol. The van der Waals surface area contributed by atoms with E-state index in [9.17, 15) is 14.4 Å². The molecule has 0 spiro atoms. The third kappa shape index (κ3) is 4.17. The number of hydrogen-bond acceptors (Lipinski definition) is 6. The number of carbonyl (C=O) groups is 2. The van der Waals surface area contributed by atoms with Gasteiger partial charge < -0.3 is 10.1 Å². The number of para-hydroxylation sites is 1. The number of anilines is 1. The Bertz CT molecular complexity index is 1360. The lowest BCUT2D eigenvalue weighted by molar-refractivity contribution is -0.116. The summed E-state index contributed by atoms with van der Waals surface area (Å²) in [6, 6.07) is 16.2. The van der Waals surface area contributed by atoms with Gasteiger partial charge in [0.05, 0.1) is 29.6 Å². The Morgan fingerprint density at radius 2 is 1.81 bits per heavy atom. The molecule has 8 heteroatoms. The molecule has 0 unspecified atom stereocenters. The number of carbonyl (C=O) groups excluding carboxylic acids is 2. The molecule has 0 radical (unpaired) electrons. The highest BCUT2D eigenvalue weighted by Gasteiger charge is 2.19. The second-order valence-corrected chi connectivity index (χ2v) is 8.27. The second-order valence-electron chi connectivity index (χ2n) is 7.07. The summed E-state index contributed by atoms with van der Waals surface area (Å²) in [5, 5.41) is 3.20. The summed E-state index contributed by atoms with van der Waals surface area (Å²) in [4.78, 5) is 44.1. The fourth-order valence-corrected chi connectivity index (χ4v) is 4.53. The number of benzene rings is 2. The number of nitrogens with zero attached hydrogens (tertiary/aromatic N) is 2. The standard InChI is InChI=1S/C24H21N3O4S/c1-3-31-24(30)17-11-7-8-12-18(17)26-19(28)13-27-14-25-22-21(23(27)29)20(15(2)32-22)16-9-5-4-6-10-16/h4-12,14H,3,13H2,1-2H3,(H,26,28). The molecule has 0 atom stereocenters. The van der Waals surface area contributed by atoms with Crippen molar-refractivity contribution < 1.29 is 14.3 Å². The van der Waals surface area contributed by atoms with Crippen LogP contribution in [0.1, 0.15) is 22.2 Å². The van der Waals surface area contributed by atoms with Crippen molar-refractivity contribution in [2.24, 2.45) is 0 Å². The van der Waals surface area contributed by atoms with Crippen molar-refractivity contribution >= 4 is 39.1 Å². The van der Waals surface area contributed by atoms with Crippen LogP contribution in [0.15, 0.2) is 65.7 Å². The maximum atomic E-state index is 13.3. The molecular formula is C24H21N3O4S. The first-order valence-corrected chi connectivity index (χ1v) is 10.9. The van der Waals surface area contributed by atoms with Gasteiger partial charge in [0, 0.05) is 10.4 Å². The average molecular weight is 448 g/mol. The van der Waals surface area contributed by atoms with Gasteiger partial charge in [0.2, 0.25) is 5.91 Å². The van der Waals surface area contributed by atoms with Gasteiger partial charge >= 0.3 is 5.97 Å². The molecule has 2 heterocycles. The summed E-state index contributed by atoms with van der Waals surface area (Å²) in [5.74, 6) is -0.969. The van der Waals surface area contributed by atoms with Gasteiger partial charge in [0.1, 0.15) is 11.4 Å². The summed E-state index contributed by atoms with van der Waals surface area (Å²) in [6.07, 6.45) is 1.38. The predicted octanol–water partition coefficient (Wildman–Crippen LogP) is 4.25. The van der Waals surface area contributed by atoms with E-state index in [1.807, 2.05) is 37.3 Å². The van der Waals surface area contributed by atoms with E-state index in [0.29, 0.717) is 15.9 Å². The van der Waals surface area contributed by atoms with Gasteiger partial charge in [-0.3, -0.25) is 14.2 Å². The fraction of sp³-hybridized carbons (Fsp3) is 0.167. The zero-order valence-corrected chi connectivity index (χ0v) is 18.4. The van der Waals surface area contributed by atoms with Crippen molar-refractivity contribution in [1.29, 1.82) is 0 Å². The number of nitrogens with one attached hydrogen (secondary N) is 1. The first kappa shape index (κ1) is 21.5. The lowest BCUT2D eigenvalue weighted by Crippen LogP contribution is -2.28.